The first kappa shape index (κ1) is 20.1. The summed E-state index contributed by atoms with van der Waals surface area (Å²) in [5.74, 6) is -0.107. The Kier molecular flexibility index (Phi) is 6.80. The highest BCUT2D eigenvalue weighted by molar-refractivity contribution is 7.14. The van der Waals surface area contributed by atoms with Crippen LogP contribution in [0.15, 0.2) is 28.2 Å². The Balaban J connectivity index is 1.46. The minimum Gasteiger partial charge on any atom is -0.459 e. The number of likely N-dealkylation sites (tertiary alicyclic amines) is 1. The van der Waals surface area contributed by atoms with Crippen LogP contribution in [0.2, 0.25) is 0 Å². The molecule has 0 aromatic carbocycles. The lowest BCUT2D eigenvalue weighted by molar-refractivity contribution is -0.135. The highest BCUT2D eigenvalue weighted by Gasteiger charge is 2.27. The lowest BCUT2D eigenvalue weighted by Crippen LogP contribution is -2.43. The predicted octanol–water partition coefficient (Wildman–Crippen LogP) is 2.30. The van der Waals surface area contributed by atoms with Crippen LogP contribution in [-0.2, 0) is 16.0 Å². The van der Waals surface area contributed by atoms with E-state index in [1.807, 2.05) is 6.92 Å². The maximum Gasteiger partial charge on any atom is 0.293 e. The molecule has 3 heterocycles. The molecule has 9 heteroatoms. The third-order valence-corrected chi connectivity index (χ3v) is 5.42. The number of hydrogen-bond acceptors (Lipinski definition) is 6. The SMILES string of the molecule is CCCNC(=O)C1CCN(C(=O)Cc2csc(NC(=O)c3ccco3)n2)CC1. The van der Waals surface area contributed by atoms with E-state index in [1.54, 1.807) is 22.4 Å². The van der Waals surface area contributed by atoms with Gasteiger partial charge < -0.3 is 14.6 Å². The van der Waals surface area contributed by atoms with Crippen molar-refractivity contribution in [1.29, 1.82) is 0 Å². The van der Waals surface area contributed by atoms with Gasteiger partial charge in [-0.15, -0.1) is 11.3 Å². The lowest BCUT2D eigenvalue weighted by atomic mass is 9.95. The van der Waals surface area contributed by atoms with Crippen molar-refractivity contribution in [3.05, 3.63) is 35.2 Å². The zero-order chi connectivity index (χ0) is 19.9. The number of piperidine rings is 1. The van der Waals surface area contributed by atoms with Crippen molar-refractivity contribution >= 4 is 34.2 Å². The molecule has 0 spiro atoms. The van der Waals surface area contributed by atoms with Crippen LogP contribution in [0.3, 0.4) is 0 Å². The van der Waals surface area contributed by atoms with Gasteiger partial charge in [-0.3, -0.25) is 19.7 Å². The van der Waals surface area contributed by atoms with Crippen LogP contribution in [0.5, 0.6) is 0 Å². The molecule has 150 valence electrons. The minimum absolute atomic E-state index is 0.0124. The maximum atomic E-state index is 12.5. The van der Waals surface area contributed by atoms with Gasteiger partial charge in [0.1, 0.15) is 0 Å². The van der Waals surface area contributed by atoms with Gasteiger partial charge in [0, 0.05) is 30.9 Å². The van der Waals surface area contributed by atoms with Crippen LogP contribution in [0.1, 0.15) is 42.4 Å². The van der Waals surface area contributed by atoms with Crippen LogP contribution in [0, 0.1) is 5.92 Å². The molecule has 1 saturated heterocycles. The fourth-order valence-electron chi connectivity index (χ4n) is 3.06. The summed E-state index contributed by atoms with van der Waals surface area (Å²) >= 11 is 1.27. The molecule has 3 rings (SSSR count). The van der Waals surface area contributed by atoms with Crippen LogP contribution >= 0.6 is 11.3 Å². The van der Waals surface area contributed by atoms with Gasteiger partial charge in [-0.2, -0.15) is 0 Å². The summed E-state index contributed by atoms with van der Waals surface area (Å²) in [6.45, 7) is 3.87. The van der Waals surface area contributed by atoms with E-state index in [0.29, 0.717) is 43.3 Å². The Hall–Kier alpha value is -2.68. The summed E-state index contributed by atoms with van der Waals surface area (Å²) in [6.07, 6.45) is 3.89. The molecule has 28 heavy (non-hydrogen) atoms. The largest absolute Gasteiger partial charge is 0.459 e. The van der Waals surface area contributed by atoms with Crippen molar-refractivity contribution in [2.24, 2.45) is 5.92 Å². The van der Waals surface area contributed by atoms with E-state index in [4.69, 9.17) is 4.42 Å². The van der Waals surface area contributed by atoms with Gasteiger partial charge in [0.2, 0.25) is 11.8 Å². The number of nitrogens with zero attached hydrogens (tertiary/aromatic N) is 2. The minimum atomic E-state index is -0.374. The van der Waals surface area contributed by atoms with Crippen molar-refractivity contribution in [2.45, 2.75) is 32.6 Å². The van der Waals surface area contributed by atoms with E-state index >= 15 is 0 Å². The molecule has 8 nitrogen and oxygen atoms in total. The summed E-state index contributed by atoms with van der Waals surface area (Å²) in [5, 5.41) is 7.77. The van der Waals surface area contributed by atoms with Gasteiger partial charge in [-0.25, -0.2) is 4.98 Å². The number of amides is 3. The quantitative estimate of drug-likeness (QED) is 0.737. The Labute approximate surface area is 167 Å². The average molecular weight is 404 g/mol. The molecule has 2 aromatic heterocycles. The number of rotatable bonds is 7. The molecule has 2 aromatic rings. The average Bonchev–Trinajstić information content (AvgIpc) is 3.38. The summed E-state index contributed by atoms with van der Waals surface area (Å²) < 4.78 is 5.04. The number of hydrogen-bond donors (Lipinski definition) is 2. The zero-order valence-electron chi connectivity index (χ0n) is 15.8. The van der Waals surface area contributed by atoms with E-state index < -0.39 is 0 Å². The van der Waals surface area contributed by atoms with Crippen molar-refractivity contribution in [2.75, 3.05) is 25.0 Å². The second-order valence-corrected chi connectivity index (χ2v) is 7.56. The van der Waals surface area contributed by atoms with Gasteiger partial charge in [0.25, 0.3) is 5.91 Å². The molecule has 0 unspecified atom stereocenters. The first-order chi connectivity index (χ1) is 13.6. The van der Waals surface area contributed by atoms with Crippen molar-refractivity contribution in [1.82, 2.24) is 15.2 Å². The van der Waals surface area contributed by atoms with Gasteiger partial charge in [0.15, 0.2) is 10.9 Å². The summed E-state index contributed by atoms with van der Waals surface area (Å²) in [4.78, 5) is 42.6. The summed E-state index contributed by atoms with van der Waals surface area (Å²) in [5.41, 5.74) is 0.618. The Morgan fingerprint density at radius 3 is 2.79 bits per heavy atom. The smallest absolute Gasteiger partial charge is 0.293 e. The predicted molar refractivity (Wildman–Crippen MR) is 105 cm³/mol. The van der Waals surface area contributed by atoms with Crippen LogP contribution in [-0.4, -0.2) is 47.2 Å². The number of carbonyl (C=O) groups is 3. The highest BCUT2D eigenvalue weighted by atomic mass is 32.1. The van der Waals surface area contributed by atoms with Crippen molar-refractivity contribution < 1.29 is 18.8 Å². The molecule has 0 saturated carbocycles. The lowest BCUT2D eigenvalue weighted by Gasteiger charge is -2.31. The fourth-order valence-corrected chi connectivity index (χ4v) is 3.77. The zero-order valence-corrected chi connectivity index (χ0v) is 16.6. The van der Waals surface area contributed by atoms with E-state index in [1.165, 1.54) is 17.6 Å². The van der Waals surface area contributed by atoms with Gasteiger partial charge in [-0.05, 0) is 31.4 Å². The van der Waals surface area contributed by atoms with E-state index in [-0.39, 0.29) is 35.8 Å². The number of aromatic nitrogens is 1. The molecule has 0 radical (unpaired) electrons. The number of anilines is 1. The normalized spacial score (nSPS) is 14.7. The third-order valence-electron chi connectivity index (χ3n) is 4.62. The van der Waals surface area contributed by atoms with Crippen LogP contribution < -0.4 is 10.6 Å². The standard InChI is InChI=1S/C19H24N4O4S/c1-2-7-20-17(25)13-5-8-23(9-6-13)16(24)11-14-12-28-19(21-14)22-18(26)15-4-3-10-27-15/h3-4,10,12-13H,2,5-9,11H2,1H3,(H,20,25)(H,21,22,26). The van der Waals surface area contributed by atoms with Crippen molar-refractivity contribution in [3.8, 4) is 0 Å². The molecule has 3 amide bonds. The Bertz CT molecular complexity index is 810. The molecule has 0 aliphatic carbocycles. The number of furan rings is 1. The molecule has 1 aliphatic heterocycles. The number of thiazole rings is 1. The van der Waals surface area contributed by atoms with Gasteiger partial charge >= 0.3 is 0 Å². The Morgan fingerprint density at radius 2 is 2.11 bits per heavy atom. The van der Waals surface area contributed by atoms with E-state index in [9.17, 15) is 14.4 Å². The number of nitrogens with one attached hydrogen (secondary N) is 2. The van der Waals surface area contributed by atoms with Gasteiger partial charge in [-0.1, -0.05) is 6.92 Å². The number of carbonyl (C=O) groups excluding carboxylic acids is 3. The molecule has 1 fully saturated rings. The van der Waals surface area contributed by atoms with E-state index in [2.05, 4.69) is 15.6 Å². The summed E-state index contributed by atoms with van der Waals surface area (Å²) in [7, 11) is 0. The van der Waals surface area contributed by atoms with Crippen LogP contribution in [0.25, 0.3) is 0 Å². The maximum absolute atomic E-state index is 12.5. The second kappa shape index (κ2) is 9.50. The van der Waals surface area contributed by atoms with E-state index in [0.717, 1.165) is 6.42 Å². The monoisotopic (exact) mass is 404 g/mol. The first-order valence-corrected chi connectivity index (χ1v) is 10.3. The fraction of sp³-hybridized carbons (Fsp3) is 0.474. The van der Waals surface area contributed by atoms with Crippen LogP contribution in [0.4, 0.5) is 5.13 Å². The molecule has 1 aliphatic rings. The van der Waals surface area contributed by atoms with Crippen molar-refractivity contribution in [3.63, 3.8) is 0 Å². The first-order valence-electron chi connectivity index (χ1n) is 9.41. The summed E-state index contributed by atoms with van der Waals surface area (Å²) in [6, 6.07) is 3.21. The second-order valence-electron chi connectivity index (χ2n) is 6.70. The molecule has 0 atom stereocenters. The Morgan fingerprint density at radius 1 is 1.32 bits per heavy atom. The highest BCUT2D eigenvalue weighted by Crippen LogP contribution is 2.20. The van der Waals surface area contributed by atoms with Gasteiger partial charge in [0.05, 0.1) is 18.4 Å². The molecular weight excluding hydrogens is 380 g/mol. The third kappa shape index (κ3) is 5.19. The molecular formula is C19H24N4O4S. The molecule has 0 bridgehead atoms. The topological polar surface area (TPSA) is 105 Å². The molecule has 2 N–H and O–H groups in total.